The van der Waals surface area contributed by atoms with Gasteiger partial charge in [0.2, 0.25) is 0 Å². The van der Waals surface area contributed by atoms with Gasteiger partial charge in [0.15, 0.2) is 0 Å². The van der Waals surface area contributed by atoms with Gasteiger partial charge in [-0.05, 0) is 31.2 Å². The number of imidazole rings is 1. The molecule has 1 aromatic heterocycles. The van der Waals surface area contributed by atoms with Crippen LogP contribution in [0.4, 0.5) is 15.3 Å². The van der Waals surface area contributed by atoms with Gasteiger partial charge in [0.25, 0.3) is 0 Å². The Hall–Kier alpha value is -2.47. The molecular weight excluding hydrogens is 313 g/mol. The zero-order valence-corrected chi connectivity index (χ0v) is 13.4. The number of anilines is 2. The number of hydrogen-bond acceptors (Lipinski definition) is 3. The van der Waals surface area contributed by atoms with E-state index in [9.17, 15) is 8.09 Å². The van der Waals surface area contributed by atoms with Crippen LogP contribution in [0.2, 0.25) is 0 Å². The molecule has 4 nitrogen and oxygen atoms in total. The number of halogens is 1. The molecule has 0 saturated carbocycles. The van der Waals surface area contributed by atoms with Crippen LogP contribution in [0.25, 0.3) is 0 Å². The summed E-state index contributed by atoms with van der Waals surface area (Å²) < 4.78 is 25.2. The van der Waals surface area contributed by atoms with E-state index in [1.807, 2.05) is 60.7 Å². The van der Waals surface area contributed by atoms with Crippen molar-refractivity contribution in [2.75, 3.05) is 4.90 Å². The Labute approximate surface area is 137 Å². The van der Waals surface area contributed by atoms with Gasteiger partial charge in [0.05, 0.1) is 12.2 Å². The Bertz CT molecular complexity index is 766. The van der Waals surface area contributed by atoms with E-state index in [1.54, 1.807) is 6.92 Å². The molecule has 0 spiro atoms. The van der Waals surface area contributed by atoms with Crippen LogP contribution in [0, 0.1) is 6.92 Å². The quantitative estimate of drug-likeness (QED) is 0.666. The zero-order valence-electron chi connectivity index (χ0n) is 12.6. The fourth-order valence-electron chi connectivity index (χ4n) is 2.45. The molecule has 3 rings (SSSR count). The molecule has 0 aliphatic rings. The molecule has 6 heteroatoms. The molecule has 1 heterocycles. The molecule has 23 heavy (non-hydrogen) atoms. The Morgan fingerprint density at radius 3 is 2.00 bits per heavy atom. The number of nitrogens with zero attached hydrogens (tertiary/aromatic N) is 3. The molecule has 118 valence electrons. The third kappa shape index (κ3) is 3.48. The molecule has 0 amide bonds. The summed E-state index contributed by atoms with van der Waals surface area (Å²) >= 11 is -2.59. The first-order chi connectivity index (χ1) is 11.1. The maximum atomic E-state index is 13.1. The van der Waals surface area contributed by atoms with Crippen LogP contribution in [0.5, 0.6) is 0 Å². The van der Waals surface area contributed by atoms with E-state index in [4.69, 9.17) is 0 Å². The standard InChI is InChI=1S/C17H16FN3OS/c1-14-19-15(13-21(14)23(18)22)12-20(16-8-4-2-5-9-16)17-10-6-3-7-11-17/h2-11,13H,12H2,1H3. The van der Waals surface area contributed by atoms with Gasteiger partial charge in [-0.15, -0.1) is 3.89 Å². The smallest absolute Gasteiger partial charge is 0.309 e. The first kappa shape index (κ1) is 15.4. The maximum Gasteiger partial charge on any atom is 0.309 e. The molecular formula is C17H16FN3OS. The van der Waals surface area contributed by atoms with E-state index in [-0.39, 0.29) is 0 Å². The van der Waals surface area contributed by atoms with Gasteiger partial charge in [-0.1, -0.05) is 36.4 Å². The minimum Gasteiger partial charge on any atom is -0.335 e. The molecule has 1 atom stereocenters. The average molecular weight is 329 g/mol. The molecule has 0 radical (unpaired) electrons. The predicted octanol–water partition coefficient (Wildman–Crippen LogP) is 3.93. The van der Waals surface area contributed by atoms with E-state index in [1.165, 1.54) is 6.20 Å². The molecule has 0 aliphatic carbocycles. The Balaban J connectivity index is 1.97. The minimum atomic E-state index is -2.59. The van der Waals surface area contributed by atoms with Crippen molar-refractivity contribution in [2.24, 2.45) is 0 Å². The number of rotatable bonds is 5. The van der Waals surface area contributed by atoms with Crippen molar-refractivity contribution in [2.45, 2.75) is 13.5 Å². The van der Waals surface area contributed by atoms with Gasteiger partial charge in [-0.3, -0.25) is 0 Å². The van der Waals surface area contributed by atoms with Crippen LogP contribution in [0.1, 0.15) is 11.5 Å². The van der Waals surface area contributed by atoms with Crippen molar-refractivity contribution >= 4 is 22.7 Å². The largest absolute Gasteiger partial charge is 0.335 e. The van der Waals surface area contributed by atoms with Crippen molar-refractivity contribution in [1.29, 1.82) is 0 Å². The lowest BCUT2D eigenvalue weighted by Crippen LogP contribution is -2.16. The second kappa shape index (κ2) is 6.75. The van der Waals surface area contributed by atoms with E-state index >= 15 is 0 Å². The molecule has 0 saturated heterocycles. The highest BCUT2D eigenvalue weighted by Crippen LogP contribution is 2.27. The number of para-hydroxylation sites is 2. The van der Waals surface area contributed by atoms with Crippen LogP contribution in [0.15, 0.2) is 66.9 Å². The zero-order chi connectivity index (χ0) is 16.2. The number of aromatic nitrogens is 2. The lowest BCUT2D eigenvalue weighted by Gasteiger charge is -2.24. The van der Waals surface area contributed by atoms with Crippen LogP contribution in [0.3, 0.4) is 0 Å². The lowest BCUT2D eigenvalue weighted by atomic mass is 10.2. The van der Waals surface area contributed by atoms with Crippen molar-refractivity contribution in [1.82, 2.24) is 8.96 Å². The SMILES string of the molecule is Cc1nc(CN(c2ccccc2)c2ccccc2)cn1S(=O)F. The normalized spacial score (nSPS) is 12.1. The summed E-state index contributed by atoms with van der Waals surface area (Å²) in [6.07, 6.45) is 1.49. The molecule has 0 aliphatic heterocycles. The molecule has 0 fully saturated rings. The first-order valence-corrected chi connectivity index (χ1v) is 8.17. The third-order valence-corrected chi connectivity index (χ3v) is 4.18. The van der Waals surface area contributed by atoms with Crippen molar-refractivity contribution in [3.63, 3.8) is 0 Å². The topological polar surface area (TPSA) is 38.1 Å². The summed E-state index contributed by atoms with van der Waals surface area (Å²) in [6, 6.07) is 19.8. The van der Waals surface area contributed by atoms with Gasteiger partial charge in [-0.25, -0.2) is 8.96 Å². The van der Waals surface area contributed by atoms with Gasteiger partial charge in [-0.2, -0.15) is 4.21 Å². The number of aryl methyl sites for hydroxylation is 1. The van der Waals surface area contributed by atoms with E-state index in [0.717, 1.165) is 15.3 Å². The lowest BCUT2D eigenvalue weighted by molar-refractivity contribution is 0.638. The number of hydrogen-bond donors (Lipinski definition) is 0. The molecule has 1 unspecified atom stereocenters. The number of benzene rings is 2. The highest BCUT2D eigenvalue weighted by atomic mass is 32.2. The van der Waals surface area contributed by atoms with Crippen molar-refractivity contribution in [3.05, 3.63) is 78.4 Å². The average Bonchev–Trinajstić information content (AvgIpc) is 2.95. The summed E-state index contributed by atoms with van der Waals surface area (Å²) in [6.45, 7) is 2.09. The second-order valence-corrected chi connectivity index (χ2v) is 5.88. The summed E-state index contributed by atoms with van der Waals surface area (Å²) in [4.78, 5) is 6.39. The highest BCUT2D eigenvalue weighted by molar-refractivity contribution is 7.78. The Kier molecular flexibility index (Phi) is 4.52. The predicted molar refractivity (Wildman–Crippen MR) is 90.3 cm³/mol. The van der Waals surface area contributed by atoms with Crippen LogP contribution in [-0.4, -0.2) is 13.2 Å². The van der Waals surface area contributed by atoms with Crippen LogP contribution >= 0.6 is 0 Å². The molecule has 0 N–H and O–H groups in total. The fourth-order valence-corrected chi connectivity index (χ4v) is 2.90. The molecule has 3 aromatic rings. The third-order valence-electron chi connectivity index (χ3n) is 3.50. The molecule has 2 aromatic carbocycles. The van der Waals surface area contributed by atoms with Crippen molar-refractivity contribution in [3.8, 4) is 0 Å². The van der Waals surface area contributed by atoms with Gasteiger partial charge >= 0.3 is 11.4 Å². The van der Waals surface area contributed by atoms with E-state index in [2.05, 4.69) is 9.88 Å². The Morgan fingerprint density at radius 2 is 1.57 bits per heavy atom. The summed E-state index contributed by atoms with van der Waals surface area (Å²) in [5.74, 6) is 0.391. The maximum absolute atomic E-state index is 13.1. The van der Waals surface area contributed by atoms with Gasteiger partial charge in [0, 0.05) is 17.6 Å². The van der Waals surface area contributed by atoms with Gasteiger partial charge in [0.1, 0.15) is 5.82 Å². The summed E-state index contributed by atoms with van der Waals surface area (Å²) in [7, 11) is 0. The summed E-state index contributed by atoms with van der Waals surface area (Å²) in [5.41, 5.74) is 2.67. The monoisotopic (exact) mass is 329 g/mol. The summed E-state index contributed by atoms with van der Waals surface area (Å²) in [5, 5.41) is 0. The van der Waals surface area contributed by atoms with Crippen LogP contribution < -0.4 is 4.90 Å². The Morgan fingerprint density at radius 1 is 1.04 bits per heavy atom. The van der Waals surface area contributed by atoms with E-state index in [0.29, 0.717) is 18.1 Å². The van der Waals surface area contributed by atoms with Crippen molar-refractivity contribution < 1.29 is 8.09 Å². The van der Waals surface area contributed by atoms with Gasteiger partial charge < -0.3 is 4.90 Å². The van der Waals surface area contributed by atoms with Crippen LogP contribution in [-0.2, 0) is 17.9 Å². The van der Waals surface area contributed by atoms with E-state index < -0.39 is 11.4 Å². The second-order valence-electron chi connectivity index (χ2n) is 5.07. The fraction of sp³-hybridized carbons (Fsp3) is 0.118. The molecule has 0 bridgehead atoms. The first-order valence-electron chi connectivity index (χ1n) is 7.16. The minimum absolute atomic E-state index is 0.391. The highest BCUT2D eigenvalue weighted by Gasteiger charge is 2.14.